The summed E-state index contributed by atoms with van der Waals surface area (Å²) in [5.41, 5.74) is 8.86. The third-order valence-corrected chi connectivity index (χ3v) is 9.36. The normalized spacial score (nSPS) is 15.4. The fourth-order valence-electron chi connectivity index (χ4n) is 6.12. The first-order valence-electron chi connectivity index (χ1n) is 17.8. The molecule has 2 aromatic carbocycles. The van der Waals surface area contributed by atoms with Gasteiger partial charge in [0.1, 0.15) is 17.4 Å². The minimum absolute atomic E-state index is 0.101. The number of hydrogen-bond donors (Lipinski definition) is 3. The van der Waals surface area contributed by atoms with Gasteiger partial charge in [0.2, 0.25) is 0 Å². The zero-order valence-corrected chi connectivity index (χ0v) is 32.2. The largest absolute Gasteiger partial charge is 0.465 e. The van der Waals surface area contributed by atoms with Gasteiger partial charge in [0, 0.05) is 69.3 Å². The van der Waals surface area contributed by atoms with Crippen LogP contribution in [-0.4, -0.2) is 60.9 Å². The Labute approximate surface area is 334 Å². The van der Waals surface area contributed by atoms with Gasteiger partial charge in [0.15, 0.2) is 0 Å². The van der Waals surface area contributed by atoms with Crippen molar-refractivity contribution < 1.29 is 18.8 Å². The molecule has 0 aliphatic carbocycles. The van der Waals surface area contributed by atoms with E-state index in [-0.39, 0.29) is 17.7 Å². The predicted molar refractivity (Wildman–Crippen MR) is 227 cm³/mol. The molecule has 7 heterocycles. The number of benzene rings is 2. The van der Waals surface area contributed by atoms with Crippen LogP contribution in [0.5, 0.6) is 0 Å². The number of nitrogens with one attached hydrogen (secondary N) is 3. The van der Waals surface area contributed by atoms with Crippen LogP contribution in [0.15, 0.2) is 120 Å². The number of rotatable bonds is 5. The summed E-state index contributed by atoms with van der Waals surface area (Å²) in [5.74, 6) is 1.35. The molecule has 12 nitrogen and oxygen atoms in total. The monoisotopic (exact) mass is 776 g/mol. The van der Waals surface area contributed by atoms with Gasteiger partial charge in [-0.1, -0.05) is 35.9 Å². The molecular weight excluding hydrogens is 740 g/mol. The Bertz CT molecular complexity index is 2560. The summed E-state index contributed by atoms with van der Waals surface area (Å²) in [6, 6.07) is 28.6. The summed E-state index contributed by atoms with van der Waals surface area (Å²) in [7, 11) is 7.97. The van der Waals surface area contributed by atoms with Crippen LogP contribution in [0.4, 0.5) is 28.7 Å². The maximum Gasteiger partial charge on any atom is 0.258 e. The number of carbonyl (C=O) groups is 3. The highest BCUT2D eigenvalue weighted by atomic mass is 35.5. The maximum atomic E-state index is 12.1. The minimum Gasteiger partial charge on any atom is -0.465 e. The molecule has 3 aliphatic rings. The Morgan fingerprint density at radius 1 is 0.579 bits per heavy atom. The van der Waals surface area contributed by atoms with Crippen molar-refractivity contribution >= 4 is 93.0 Å². The highest BCUT2D eigenvalue weighted by Gasteiger charge is 2.28. The van der Waals surface area contributed by atoms with Crippen molar-refractivity contribution in [2.75, 3.05) is 53.9 Å². The van der Waals surface area contributed by atoms with E-state index in [0.29, 0.717) is 50.4 Å². The van der Waals surface area contributed by atoms with E-state index in [2.05, 4.69) is 30.9 Å². The zero-order valence-electron chi connectivity index (χ0n) is 31.4. The number of pyridine rings is 3. The van der Waals surface area contributed by atoms with Crippen molar-refractivity contribution in [2.45, 2.75) is 0 Å². The molecule has 0 saturated carbocycles. The molecule has 6 aromatic rings. The standard InChI is InChI=1S/C16H14ClN3O.C16H15N3O.C12H8N2O2/c1-20(2)11-5-3-10(4-6-11)9-12-14-13(17)7-8-18-15(14)19-16(12)21;1-19(2)12-7-5-11(6-8-12)10-13-15-14(18-16(13)20)4-3-9-17-15;15-12-10(7-8-3-2-6-16-8)9-4-1-5-13-11(9)14-12/h3-9H,1-2H3,(H,18,19,21);3-10H,1-2H3,(H,18,20);1-7H,(H,13,14,15)/b;;10-7+. The van der Waals surface area contributed by atoms with E-state index >= 15 is 0 Å². The Morgan fingerprint density at radius 2 is 1.16 bits per heavy atom. The predicted octanol–water partition coefficient (Wildman–Crippen LogP) is 8.10. The molecule has 0 bridgehead atoms. The van der Waals surface area contributed by atoms with Crippen molar-refractivity contribution in [1.29, 1.82) is 0 Å². The molecule has 3 amide bonds. The molecule has 0 fully saturated rings. The molecule has 13 heteroatoms. The molecule has 284 valence electrons. The molecule has 0 radical (unpaired) electrons. The van der Waals surface area contributed by atoms with Gasteiger partial charge in [0.25, 0.3) is 17.7 Å². The number of fused-ring (bicyclic) bond motifs is 3. The van der Waals surface area contributed by atoms with Gasteiger partial charge in [-0.05, 0) is 96.1 Å². The summed E-state index contributed by atoms with van der Waals surface area (Å²) in [6.45, 7) is 0. The Morgan fingerprint density at radius 3 is 1.81 bits per heavy atom. The number of amides is 3. The lowest BCUT2D eigenvalue weighted by Crippen LogP contribution is -2.08. The number of aromatic nitrogens is 3. The second kappa shape index (κ2) is 16.6. The number of nitrogens with zero attached hydrogens (tertiary/aromatic N) is 5. The number of furan rings is 1. The highest BCUT2D eigenvalue weighted by Crippen LogP contribution is 2.37. The average Bonchev–Trinajstić information content (AvgIpc) is 3.99. The van der Waals surface area contributed by atoms with E-state index in [9.17, 15) is 14.4 Å². The number of halogens is 1. The lowest BCUT2D eigenvalue weighted by atomic mass is 10.1. The summed E-state index contributed by atoms with van der Waals surface area (Å²) in [5, 5.41) is 8.77. The molecule has 3 aliphatic heterocycles. The summed E-state index contributed by atoms with van der Waals surface area (Å²) in [6.07, 6.45) is 11.9. The molecule has 0 atom stereocenters. The first kappa shape index (κ1) is 38.0. The Hall–Kier alpha value is -7.31. The molecule has 4 aromatic heterocycles. The molecule has 3 N–H and O–H groups in total. The zero-order chi connectivity index (χ0) is 40.1. The first-order valence-corrected chi connectivity index (χ1v) is 18.2. The second-order valence-electron chi connectivity index (χ2n) is 13.3. The lowest BCUT2D eigenvalue weighted by molar-refractivity contribution is -0.111. The van der Waals surface area contributed by atoms with Crippen LogP contribution in [0.3, 0.4) is 0 Å². The number of anilines is 5. The van der Waals surface area contributed by atoms with Gasteiger partial charge >= 0.3 is 0 Å². The molecule has 0 unspecified atom stereocenters. The van der Waals surface area contributed by atoms with Gasteiger partial charge < -0.3 is 30.2 Å². The molecule has 0 saturated heterocycles. The third kappa shape index (κ3) is 8.51. The van der Waals surface area contributed by atoms with E-state index in [1.807, 2.05) is 117 Å². The maximum absolute atomic E-state index is 12.1. The fourth-order valence-corrected chi connectivity index (χ4v) is 6.36. The summed E-state index contributed by atoms with van der Waals surface area (Å²) >= 11 is 6.18. The topological polar surface area (TPSA) is 146 Å². The minimum atomic E-state index is -0.178. The van der Waals surface area contributed by atoms with Crippen molar-refractivity contribution in [3.8, 4) is 0 Å². The van der Waals surface area contributed by atoms with Gasteiger partial charge in [-0.15, -0.1) is 0 Å². The summed E-state index contributed by atoms with van der Waals surface area (Å²) in [4.78, 5) is 52.3. The van der Waals surface area contributed by atoms with E-state index in [1.54, 1.807) is 55.2 Å². The Balaban J connectivity index is 0.000000132. The van der Waals surface area contributed by atoms with Crippen molar-refractivity contribution in [2.24, 2.45) is 0 Å². The van der Waals surface area contributed by atoms with Crippen LogP contribution in [0.2, 0.25) is 5.02 Å². The van der Waals surface area contributed by atoms with Crippen LogP contribution >= 0.6 is 11.6 Å². The molecule has 57 heavy (non-hydrogen) atoms. The van der Waals surface area contributed by atoms with Crippen LogP contribution in [0.25, 0.3) is 34.9 Å². The first-order chi connectivity index (χ1) is 27.5. The summed E-state index contributed by atoms with van der Waals surface area (Å²) < 4.78 is 5.18. The van der Waals surface area contributed by atoms with Crippen molar-refractivity contribution in [1.82, 2.24) is 15.0 Å². The van der Waals surface area contributed by atoms with Crippen LogP contribution < -0.4 is 25.8 Å². The van der Waals surface area contributed by atoms with E-state index in [1.165, 1.54) is 0 Å². The van der Waals surface area contributed by atoms with Crippen LogP contribution in [0, 0.1) is 0 Å². The van der Waals surface area contributed by atoms with E-state index < -0.39 is 0 Å². The fraction of sp³-hybridized carbons (Fsp3) is 0.0909. The lowest BCUT2D eigenvalue weighted by Gasteiger charge is -2.12. The van der Waals surface area contributed by atoms with Gasteiger partial charge in [-0.2, -0.15) is 0 Å². The van der Waals surface area contributed by atoms with Crippen molar-refractivity contribution in [3.63, 3.8) is 0 Å². The van der Waals surface area contributed by atoms with Gasteiger partial charge in [-0.3, -0.25) is 19.4 Å². The number of hydrogen-bond acceptors (Lipinski definition) is 9. The van der Waals surface area contributed by atoms with Crippen LogP contribution in [0.1, 0.15) is 33.7 Å². The van der Waals surface area contributed by atoms with Crippen molar-refractivity contribution in [3.05, 3.63) is 155 Å². The smallest absolute Gasteiger partial charge is 0.258 e. The van der Waals surface area contributed by atoms with Gasteiger partial charge in [-0.25, -0.2) is 9.97 Å². The van der Waals surface area contributed by atoms with E-state index in [4.69, 9.17) is 16.0 Å². The van der Waals surface area contributed by atoms with Gasteiger partial charge in [0.05, 0.1) is 39.4 Å². The Kier molecular flexibility index (Phi) is 11.1. The SMILES string of the molecule is CN(C)c1ccc(C=C2C(=O)Nc3cccnc32)cc1.CN(C)c1ccc(C=C2C(=O)Nc3nccc(Cl)c32)cc1.O=C1Nc2ncccc2/C1=C\c1ccco1. The van der Waals surface area contributed by atoms with E-state index in [0.717, 1.165) is 33.8 Å². The van der Waals surface area contributed by atoms with Crippen LogP contribution in [-0.2, 0) is 14.4 Å². The molecular formula is C44H37ClN8O4. The third-order valence-electron chi connectivity index (χ3n) is 9.05. The molecule has 0 spiro atoms. The average molecular weight is 777 g/mol. The highest BCUT2D eigenvalue weighted by molar-refractivity contribution is 6.41. The second-order valence-corrected chi connectivity index (χ2v) is 13.7. The molecule has 9 rings (SSSR count). The quantitative estimate of drug-likeness (QED) is 0.148. The number of carbonyl (C=O) groups excluding carboxylic acids is 3.